The van der Waals surface area contributed by atoms with Crippen LogP contribution in [0.2, 0.25) is 0 Å². The van der Waals surface area contributed by atoms with Gasteiger partial charge in [-0.25, -0.2) is 4.79 Å². The molecule has 1 amide bonds. The number of ether oxygens (including phenoxy) is 1. The maximum atomic E-state index is 12.3. The van der Waals surface area contributed by atoms with Crippen LogP contribution in [-0.2, 0) is 11.3 Å². The number of phenols is 1. The summed E-state index contributed by atoms with van der Waals surface area (Å²) in [4.78, 5) is 12.3. The van der Waals surface area contributed by atoms with Crippen molar-refractivity contribution in [2.45, 2.75) is 104 Å². The van der Waals surface area contributed by atoms with Gasteiger partial charge in [-0.15, -0.1) is 0 Å². The van der Waals surface area contributed by atoms with E-state index >= 15 is 0 Å². The number of phenolic OH excluding ortho intramolecular Hbond substituents is 1. The molecule has 4 saturated carbocycles. The summed E-state index contributed by atoms with van der Waals surface area (Å²) in [6, 6.07) is 6.79. The lowest BCUT2D eigenvalue weighted by atomic mass is 9.41. The van der Waals surface area contributed by atoms with Gasteiger partial charge in [0.15, 0.2) is 0 Å². The first-order valence-electron chi connectivity index (χ1n) is 15.6. The third-order valence-corrected chi connectivity index (χ3v) is 12.3. The van der Waals surface area contributed by atoms with E-state index in [1.165, 1.54) is 25.7 Å². The van der Waals surface area contributed by atoms with Crippen molar-refractivity contribution in [2.75, 3.05) is 6.61 Å². The monoisotopic (exact) mass is 541 g/mol. The molecule has 0 saturated heterocycles. The standard InChI is InChI=1S/C33H51NO5/c1-5-24-28-18-23(36)12-15-33(28,4)27-13-16-32(3)25(10-11-26(32)29(27)30(24)37)20(2)14-17-39-31(38)34-19-21-6-8-22(35)9-7-21/h6-9,20,23-30,35-37H,5,10-19H2,1-4H3,(H,34,38)/t20-,23-,24-,25-,26+,27+,28+,29?,30-,32?,33+/m1/s1. The second kappa shape index (κ2) is 11.2. The van der Waals surface area contributed by atoms with Gasteiger partial charge < -0.3 is 25.4 Å². The van der Waals surface area contributed by atoms with Crippen molar-refractivity contribution in [3.8, 4) is 5.75 Å². The molecule has 4 aliphatic rings. The van der Waals surface area contributed by atoms with Crippen molar-refractivity contribution in [3.63, 3.8) is 0 Å². The number of fused-ring (bicyclic) bond motifs is 5. The molecule has 5 rings (SSSR count). The van der Waals surface area contributed by atoms with Crippen LogP contribution in [0.3, 0.4) is 0 Å². The van der Waals surface area contributed by atoms with E-state index < -0.39 is 6.09 Å². The molecule has 6 heteroatoms. The Morgan fingerprint density at radius 2 is 1.72 bits per heavy atom. The number of aromatic hydroxyl groups is 1. The summed E-state index contributed by atoms with van der Waals surface area (Å²) in [6.07, 6.45) is 8.64. The first kappa shape index (κ1) is 28.7. The summed E-state index contributed by atoms with van der Waals surface area (Å²) < 4.78 is 5.54. The molecule has 1 aromatic carbocycles. The van der Waals surface area contributed by atoms with E-state index in [0.29, 0.717) is 54.6 Å². The molecule has 4 N–H and O–H groups in total. The van der Waals surface area contributed by atoms with Crippen LogP contribution in [0, 0.1) is 52.3 Å². The number of amides is 1. The van der Waals surface area contributed by atoms with Gasteiger partial charge in [0.05, 0.1) is 18.8 Å². The molecule has 218 valence electrons. The van der Waals surface area contributed by atoms with E-state index in [9.17, 15) is 20.1 Å². The Bertz CT molecular complexity index is 998. The van der Waals surface area contributed by atoms with Gasteiger partial charge >= 0.3 is 6.09 Å². The number of carbonyl (C=O) groups excluding carboxylic acids is 1. The summed E-state index contributed by atoms with van der Waals surface area (Å²) >= 11 is 0. The SMILES string of the molecule is CC[C@H]1[C@@H](O)C2[C@@H]3CC[C@H]([C@H](C)CCOC(=O)NCc4ccc(O)cc4)C3(C)CC[C@@H]2[C@]2(C)CC[C@@H](O)C[C@@H]12. The van der Waals surface area contributed by atoms with Gasteiger partial charge in [-0.1, -0.05) is 46.2 Å². The lowest BCUT2D eigenvalue weighted by Gasteiger charge is -2.64. The zero-order chi connectivity index (χ0) is 27.9. The van der Waals surface area contributed by atoms with Crippen molar-refractivity contribution < 1.29 is 24.9 Å². The van der Waals surface area contributed by atoms with Crippen LogP contribution >= 0.6 is 0 Å². The van der Waals surface area contributed by atoms with Gasteiger partial charge in [0, 0.05) is 6.54 Å². The quantitative estimate of drug-likeness (QED) is 0.326. The third kappa shape index (κ3) is 5.21. The van der Waals surface area contributed by atoms with E-state index in [1.807, 2.05) is 0 Å². The van der Waals surface area contributed by atoms with Crippen LogP contribution in [0.5, 0.6) is 5.75 Å². The van der Waals surface area contributed by atoms with E-state index in [-0.39, 0.29) is 28.8 Å². The smallest absolute Gasteiger partial charge is 0.407 e. The lowest BCUT2D eigenvalue weighted by Crippen LogP contribution is -2.62. The summed E-state index contributed by atoms with van der Waals surface area (Å²) in [5.41, 5.74) is 1.37. The zero-order valence-corrected chi connectivity index (χ0v) is 24.4. The van der Waals surface area contributed by atoms with Crippen LogP contribution in [-0.4, -0.2) is 40.2 Å². The number of alkyl carbamates (subject to hydrolysis) is 1. The minimum absolute atomic E-state index is 0.205. The topological polar surface area (TPSA) is 99.0 Å². The Morgan fingerprint density at radius 3 is 2.44 bits per heavy atom. The number of aliphatic hydroxyl groups is 2. The van der Waals surface area contributed by atoms with Crippen molar-refractivity contribution in [3.05, 3.63) is 29.8 Å². The number of carbonyl (C=O) groups is 1. The van der Waals surface area contributed by atoms with E-state index in [1.54, 1.807) is 24.3 Å². The highest BCUT2D eigenvalue weighted by Crippen LogP contribution is 2.69. The molecule has 0 aliphatic heterocycles. The maximum absolute atomic E-state index is 12.3. The van der Waals surface area contributed by atoms with Crippen molar-refractivity contribution >= 4 is 6.09 Å². The van der Waals surface area contributed by atoms with Crippen LogP contribution in [0.25, 0.3) is 0 Å². The highest BCUT2D eigenvalue weighted by Gasteiger charge is 2.64. The maximum Gasteiger partial charge on any atom is 0.407 e. The molecule has 39 heavy (non-hydrogen) atoms. The fourth-order valence-corrected chi connectivity index (χ4v) is 10.3. The molecule has 0 radical (unpaired) electrons. The zero-order valence-electron chi connectivity index (χ0n) is 24.4. The molecule has 1 aromatic rings. The Hall–Kier alpha value is -1.79. The molecule has 0 spiro atoms. The molecule has 6 nitrogen and oxygen atoms in total. The molecule has 0 aromatic heterocycles. The Morgan fingerprint density at radius 1 is 1.03 bits per heavy atom. The Balaban J connectivity index is 1.19. The van der Waals surface area contributed by atoms with Crippen LogP contribution < -0.4 is 5.32 Å². The first-order chi connectivity index (χ1) is 18.6. The normalized spacial score (nSPS) is 42.1. The number of benzene rings is 1. The third-order valence-electron chi connectivity index (χ3n) is 12.3. The summed E-state index contributed by atoms with van der Waals surface area (Å²) in [5.74, 6) is 3.44. The molecule has 0 bridgehead atoms. The molecular weight excluding hydrogens is 490 g/mol. The lowest BCUT2D eigenvalue weighted by molar-refractivity contribution is -0.203. The highest BCUT2D eigenvalue weighted by atomic mass is 16.5. The fourth-order valence-electron chi connectivity index (χ4n) is 10.3. The molecule has 2 unspecified atom stereocenters. The van der Waals surface area contributed by atoms with Gasteiger partial charge in [0.1, 0.15) is 5.75 Å². The Kier molecular flexibility index (Phi) is 8.28. The number of nitrogens with one attached hydrogen (secondary N) is 1. The van der Waals surface area contributed by atoms with Crippen molar-refractivity contribution in [1.82, 2.24) is 5.32 Å². The van der Waals surface area contributed by atoms with E-state index in [4.69, 9.17) is 4.74 Å². The largest absolute Gasteiger partial charge is 0.508 e. The minimum atomic E-state index is -0.400. The number of rotatable bonds is 7. The molecule has 11 atom stereocenters. The minimum Gasteiger partial charge on any atom is -0.508 e. The summed E-state index contributed by atoms with van der Waals surface area (Å²) in [6.45, 7) is 10.3. The predicted molar refractivity (Wildman–Crippen MR) is 152 cm³/mol. The van der Waals surface area contributed by atoms with Crippen LogP contribution in [0.15, 0.2) is 24.3 Å². The fraction of sp³-hybridized carbons (Fsp3) is 0.788. The molecular formula is C33H51NO5. The number of hydrogen-bond donors (Lipinski definition) is 4. The molecule has 4 aliphatic carbocycles. The summed E-state index contributed by atoms with van der Waals surface area (Å²) in [7, 11) is 0. The Labute approximate surface area is 234 Å². The average molecular weight is 542 g/mol. The summed E-state index contributed by atoms with van der Waals surface area (Å²) in [5, 5.41) is 34.6. The first-order valence-corrected chi connectivity index (χ1v) is 15.6. The van der Waals surface area contributed by atoms with Gasteiger partial charge in [-0.3, -0.25) is 0 Å². The van der Waals surface area contributed by atoms with E-state index in [2.05, 4.69) is 33.0 Å². The van der Waals surface area contributed by atoms with Gasteiger partial charge in [0.25, 0.3) is 0 Å². The molecule has 0 heterocycles. The van der Waals surface area contributed by atoms with Crippen molar-refractivity contribution in [1.29, 1.82) is 0 Å². The van der Waals surface area contributed by atoms with Crippen LogP contribution in [0.1, 0.15) is 91.0 Å². The second-order valence-corrected chi connectivity index (χ2v) is 14.0. The van der Waals surface area contributed by atoms with Gasteiger partial charge in [-0.05, 0) is 121 Å². The highest BCUT2D eigenvalue weighted by molar-refractivity contribution is 5.67. The number of aliphatic hydroxyl groups excluding tert-OH is 2. The molecule has 4 fully saturated rings. The van der Waals surface area contributed by atoms with Gasteiger partial charge in [0.2, 0.25) is 0 Å². The van der Waals surface area contributed by atoms with E-state index in [0.717, 1.165) is 37.7 Å². The van der Waals surface area contributed by atoms with Gasteiger partial charge in [-0.2, -0.15) is 0 Å². The predicted octanol–water partition coefficient (Wildman–Crippen LogP) is 6.27. The van der Waals surface area contributed by atoms with Crippen molar-refractivity contribution in [2.24, 2.45) is 52.3 Å². The average Bonchev–Trinajstić information content (AvgIpc) is 3.27. The second-order valence-electron chi connectivity index (χ2n) is 14.0. The number of hydrogen-bond acceptors (Lipinski definition) is 5. The van der Waals surface area contributed by atoms with Crippen LogP contribution in [0.4, 0.5) is 4.79 Å².